The predicted octanol–water partition coefficient (Wildman–Crippen LogP) is 0.931. The molecular formula is C8H11N5O2. The SMILES string of the molecule is CC1(Nc2ncnc(N)c2[N+](=O)[O-])CC1. The van der Waals surface area contributed by atoms with E-state index in [1.54, 1.807) is 0 Å². The highest BCUT2D eigenvalue weighted by molar-refractivity contribution is 5.68. The van der Waals surface area contributed by atoms with Crippen LogP contribution >= 0.6 is 0 Å². The van der Waals surface area contributed by atoms with E-state index in [2.05, 4.69) is 15.3 Å². The number of rotatable bonds is 3. The van der Waals surface area contributed by atoms with E-state index in [-0.39, 0.29) is 22.9 Å². The van der Waals surface area contributed by atoms with E-state index in [9.17, 15) is 10.1 Å². The first-order valence-corrected chi connectivity index (χ1v) is 4.55. The van der Waals surface area contributed by atoms with Gasteiger partial charge in [-0.1, -0.05) is 0 Å². The molecule has 0 radical (unpaired) electrons. The lowest BCUT2D eigenvalue weighted by Crippen LogP contribution is -2.18. The highest BCUT2D eigenvalue weighted by Crippen LogP contribution is 2.40. The van der Waals surface area contributed by atoms with Crippen LogP contribution in [0.1, 0.15) is 19.8 Å². The number of nitrogen functional groups attached to an aromatic ring is 1. The van der Waals surface area contributed by atoms with Crippen LogP contribution in [0.3, 0.4) is 0 Å². The zero-order valence-corrected chi connectivity index (χ0v) is 8.23. The third kappa shape index (κ3) is 1.80. The number of nitrogens with zero attached hydrogens (tertiary/aromatic N) is 3. The van der Waals surface area contributed by atoms with E-state index in [1.165, 1.54) is 6.33 Å². The molecule has 0 aromatic carbocycles. The van der Waals surface area contributed by atoms with Crippen molar-refractivity contribution in [2.24, 2.45) is 0 Å². The molecule has 0 unspecified atom stereocenters. The van der Waals surface area contributed by atoms with Crippen LogP contribution in [0.2, 0.25) is 0 Å². The molecule has 0 bridgehead atoms. The Morgan fingerprint density at radius 3 is 2.80 bits per heavy atom. The van der Waals surface area contributed by atoms with Gasteiger partial charge in [-0.2, -0.15) is 0 Å². The molecule has 0 amide bonds. The van der Waals surface area contributed by atoms with Crippen LogP contribution in [0.15, 0.2) is 6.33 Å². The number of nitro groups is 1. The normalized spacial score (nSPS) is 17.1. The van der Waals surface area contributed by atoms with Gasteiger partial charge in [0.2, 0.25) is 11.6 Å². The first-order chi connectivity index (χ1) is 7.02. The van der Waals surface area contributed by atoms with Crippen molar-refractivity contribution in [3.05, 3.63) is 16.4 Å². The van der Waals surface area contributed by atoms with Gasteiger partial charge in [-0.15, -0.1) is 0 Å². The Bertz CT molecular complexity index is 415. The summed E-state index contributed by atoms with van der Waals surface area (Å²) in [7, 11) is 0. The minimum absolute atomic E-state index is 0.0778. The summed E-state index contributed by atoms with van der Waals surface area (Å²) < 4.78 is 0. The molecule has 1 heterocycles. The van der Waals surface area contributed by atoms with Gasteiger partial charge < -0.3 is 11.1 Å². The van der Waals surface area contributed by atoms with Crippen LogP contribution in [0.4, 0.5) is 17.3 Å². The summed E-state index contributed by atoms with van der Waals surface area (Å²) in [5.74, 6) is 0.0919. The van der Waals surface area contributed by atoms with E-state index < -0.39 is 4.92 Å². The standard InChI is InChI=1S/C8H11N5O2/c1-8(2-3-8)12-7-5(13(14)15)6(9)10-4-11-7/h4H,2-3H2,1H3,(H3,9,10,11,12). The quantitative estimate of drug-likeness (QED) is 0.566. The molecule has 7 nitrogen and oxygen atoms in total. The highest BCUT2D eigenvalue weighted by Gasteiger charge is 2.39. The Morgan fingerprint density at radius 1 is 1.60 bits per heavy atom. The summed E-state index contributed by atoms with van der Waals surface area (Å²) in [4.78, 5) is 17.6. The molecule has 2 rings (SSSR count). The lowest BCUT2D eigenvalue weighted by Gasteiger charge is -2.11. The molecule has 1 aliphatic carbocycles. The molecule has 7 heteroatoms. The van der Waals surface area contributed by atoms with Crippen molar-refractivity contribution >= 4 is 17.3 Å². The summed E-state index contributed by atoms with van der Waals surface area (Å²) in [5, 5.41) is 13.8. The van der Waals surface area contributed by atoms with Crippen molar-refractivity contribution in [1.82, 2.24) is 9.97 Å². The molecule has 1 saturated carbocycles. The van der Waals surface area contributed by atoms with E-state index >= 15 is 0 Å². The van der Waals surface area contributed by atoms with Gasteiger partial charge in [0.15, 0.2) is 0 Å². The van der Waals surface area contributed by atoms with E-state index in [4.69, 9.17) is 5.73 Å². The number of hydrogen-bond acceptors (Lipinski definition) is 6. The Balaban J connectivity index is 2.37. The zero-order valence-electron chi connectivity index (χ0n) is 8.23. The zero-order chi connectivity index (χ0) is 11.1. The molecule has 0 spiro atoms. The highest BCUT2D eigenvalue weighted by atomic mass is 16.6. The van der Waals surface area contributed by atoms with Gasteiger partial charge in [0, 0.05) is 5.54 Å². The average molecular weight is 209 g/mol. The number of nitrogens with one attached hydrogen (secondary N) is 1. The number of anilines is 2. The lowest BCUT2D eigenvalue weighted by atomic mass is 10.3. The number of aromatic nitrogens is 2. The Hall–Kier alpha value is -1.92. The van der Waals surface area contributed by atoms with Crippen molar-refractivity contribution in [3.8, 4) is 0 Å². The molecule has 1 aromatic heterocycles. The lowest BCUT2D eigenvalue weighted by molar-refractivity contribution is -0.383. The van der Waals surface area contributed by atoms with Crippen LogP contribution in [0, 0.1) is 10.1 Å². The largest absolute Gasteiger partial charge is 0.378 e. The minimum atomic E-state index is -0.566. The Morgan fingerprint density at radius 2 is 2.27 bits per heavy atom. The second kappa shape index (κ2) is 3.04. The molecule has 0 atom stereocenters. The molecular weight excluding hydrogens is 198 g/mol. The summed E-state index contributed by atoms with van der Waals surface area (Å²) in [6, 6.07) is 0. The van der Waals surface area contributed by atoms with Crippen molar-refractivity contribution in [1.29, 1.82) is 0 Å². The van der Waals surface area contributed by atoms with E-state index in [1.807, 2.05) is 6.92 Å². The summed E-state index contributed by atoms with van der Waals surface area (Å²) in [5.41, 5.74) is 5.11. The summed E-state index contributed by atoms with van der Waals surface area (Å²) in [6.45, 7) is 1.98. The van der Waals surface area contributed by atoms with Crippen LogP contribution in [0.5, 0.6) is 0 Å². The average Bonchev–Trinajstić information content (AvgIpc) is 2.82. The van der Waals surface area contributed by atoms with Crippen molar-refractivity contribution < 1.29 is 4.92 Å². The first-order valence-electron chi connectivity index (χ1n) is 4.55. The van der Waals surface area contributed by atoms with E-state index in [0.717, 1.165) is 12.8 Å². The molecule has 0 saturated heterocycles. The molecule has 0 aliphatic heterocycles. The second-order valence-corrected chi connectivity index (χ2v) is 3.90. The van der Waals surface area contributed by atoms with Gasteiger partial charge in [0.05, 0.1) is 4.92 Å². The molecule has 15 heavy (non-hydrogen) atoms. The van der Waals surface area contributed by atoms with Crippen molar-refractivity contribution in [2.45, 2.75) is 25.3 Å². The molecule has 1 aliphatic rings. The molecule has 80 valence electrons. The number of nitrogens with two attached hydrogens (primary N) is 1. The first kappa shape index (κ1) is 9.63. The van der Waals surface area contributed by atoms with Crippen LogP contribution in [-0.4, -0.2) is 20.4 Å². The van der Waals surface area contributed by atoms with Crippen molar-refractivity contribution in [2.75, 3.05) is 11.1 Å². The smallest absolute Gasteiger partial charge is 0.353 e. The summed E-state index contributed by atoms with van der Waals surface area (Å²) in [6.07, 6.45) is 3.18. The molecule has 3 N–H and O–H groups in total. The fourth-order valence-electron chi connectivity index (χ4n) is 1.26. The van der Waals surface area contributed by atoms with Gasteiger partial charge in [-0.3, -0.25) is 10.1 Å². The fraction of sp³-hybridized carbons (Fsp3) is 0.500. The fourth-order valence-corrected chi connectivity index (χ4v) is 1.26. The van der Waals surface area contributed by atoms with Crippen molar-refractivity contribution in [3.63, 3.8) is 0 Å². The second-order valence-electron chi connectivity index (χ2n) is 3.90. The van der Waals surface area contributed by atoms with E-state index in [0.29, 0.717) is 0 Å². The third-order valence-electron chi connectivity index (χ3n) is 2.45. The van der Waals surface area contributed by atoms with Crippen LogP contribution < -0.4 is 11.1 Å². The van der Waals surface area contributed by atoms with Gasteiger partial charge >= 0.3 is 5.69 Å². The monoisotopic (exact) mass is 209 g/mol. The van der Waals surface area contributed by atoms with Gasteiger partial charge in [0.25, 0.3) is 0 Å². The Kier molecular flexibility index (Phi) is 1.95. The maximum atomic E-state index is 10.8. The van der Waals surface area contributed by atoms with Gasteiger partial charge in [0.1, 0.15) is 6.33 Å². The van der Waals surface area contributed by atoms with Crippen LogP contribution in [0.25, 0.3) is 0 Å². The maximum Gasteiger partial charge on any atom is 0.353 e. The number of hydrogen-bond donors (Lipinski definition) is 2. The minimum Gasteiger partial charge on any atom is -0.378 e. The molecule has 1 aromatic rings. The topological polar surface area (TPSA) is 107 Å². The Labute approximate surface area is 85.9 Å². The third-order valence-corrected chi connectivity index (χ3v) is 2.45. The summed E-state index contributed by atoms with van der Waals surface area (Å²) >= 11 is 0. The van der Waals surface area contributed by atoms with Crippen LogP contribution in [-0.2, 0) is 0 Å². The van der Waals surface area contributed by atoms with Gasteiger partial charge in [-0.05, 0) is 19.8 Å². The maximum absolute atomic E-state index is 10.8. The molecule has 1 fully saturated rings. The predicted molar refractivity (Wildman–Crippen MR) is 54.4 cm³/mol. The van der Waals surface area contributed by atoms with Gasteiger partial charge in [-0.25, -0.2) is 9.97 Å².